The molecule has 0 spiro atoms. The molecule has 17 heavy (non-hydrogen) atoms. The van der Waals surface area contributed by atoms with E-state index in [-0.39, 0.29) is 0 Å². The van der Waals surface area contributed by atoms with Crippen LogP contribution in [0.2, 0.25) is 0 Å². The number of rotatable bonds is 5. The Morgan fingerprint density at radius 3 is 2.59 bits per heavy atom. The molecule has 0 bridgehead atoms. The summed E-state index contributed by atoms with van der Waals surface area (Å²) >= 11 is 0. The molecule has 1 aromatic heterocycles. The summed E-state index contributed by atoms with van der Waals surface area (Å²) in [4.78, 5) is 41.0. The summed E-state index contributed by atoms with van der Waals surface area (Å²) in [6.45, 7) is -1.14. The number of hydrogen-bond donors (Lipinski definition) is 4. The molecule has 4 N–H and O–H groups in total. The van der Waals surface area contributed by atoms with Crippen molar-refractivity contribution in [3.05, 3.63) is 33.1 Å². The van der Waals surface area contributed by atoms with Crippen LogP contribution in [0.3, 0.4) is 0 Å². The first-order chi connectivity index (χ1) is 7.83. The molecule has 0 aliphatic rings. The molecule has 1 rings (SSSR count). The van der Waals surface area contributed by atoms with Gasteiger partial charge in [-0.3, -0.25) is 18.9 Å². The average molecular weight is 266 g/mol. The topological polar surface area (TPSA) is 142 Å². The van der Waals surface area contributed by atoms with Crippen molar-refractivity contribution in [1.82, 2.24) is 9.55 Å². The first-order valence-corrected chi connectivity index (χ1v) is 5.99. The van der Waals surface area contributed by atoms with Gasteiger partial charge in [0.05, 0.1) is 19.3 Å². The van der Waals surface area contributed by atoms with Gasteiger partial charge in [-0.2, -0.15) is 0 Å². The van der Waals surface area contributed by atoms with Crippen molar-refractivity contribution in [2.45, 2.75) is 6.04 Å². The highest BCUT2D eigenvalue weighted by molar-refractivity contribution is 7.46. The van der Waals surface area contributed by atoms with E-state index in [1.807, 2.05) is 4.98 Å². The summed E-state index contributed by atoms with van der Waals surface area (Å²) in [5.41, 5.74) is -1.41. The van der Waals surface area contributed by atoms with E-state index in [9.17, 15) is 14.2 Å². The van der Waals surface area contributed by atoms with Gasteiger partial charge in [-0.1, -0.05) is 0 Å². The third kappa shape index (κ3) is 4.25. The highest BCUT2D eigenvalue weighted by Gasteiger charge is 2.19. The van der Waals surface area contributed by atoms with E-state index >= 15 is 0 Å². The van der Waals surface area contributed by atoms with Gasteiger partial charge in [0.2, 0.25) is 0 Å². The van der Waals surface area contributed by atoms with E-state index in [2.05, 4.69) is 4.52 Å². The SMILES string of the molecule is O=c1ccn(C(CO)COP(=O)(O)O)c(=O)[nH]1. The van der Waals surface area contributed by atoms with E-state index in [0.717, 1.165) is 16.8 Å². The molecule has 0 aliphatic heterocycles. The largest absolute Gasteiger partial charge is 0.469 e. The van der Waals surface area contributed by atoms with Crippen molar-refractivity contribution in [3.8, 4) is 0 Å². The summed E-state index contributed by atoms with van der Waals surface area (Å²) < 4.78 is 15.6. The molecule has 1 unspecified atom stereocenters. The third-order valence-electron chi connectivity index (χ3n) is 1.89. The van der Waals surface area contributed by atoms with Crippen LogP contribution in [0.1, 0.15) is 6.04 Å². The molecule has 1 heterocycles. The number of hydrogen-bond acceptors (Lipinski definition) is 5. The van der Waals surface area contributed by atoms with E-state index in [1.54, 1.807) is 0 Å². The Balaban J connectivity index is 2.91. The van der Waals surface area contributed by atoms with Crippen molar-refractivity contribution < 1.29 is 24.0 Å². The molecular formula is C7H11N2O7P. The van der Waals surface area contributed by atoms with Crippen LogP contribution in [0.15, 0.2) is 21.9 Å². The molecule has 0 amide bonds. The molecule has 0 saturated carbocycles. The summed E-state index contributed by atoms with van der Waals surface area (Å²) in [7, 11) is -4.68. The number of phosphoric ester groups is 1. The number of aliphatic hydroxyl groups is 1. The predicted molar refractivity (Wildman–Crippen MR) is 55.4 cm³/mol. The first-order valence-electron chi connectivity index (χ1n) is 4.46. The van der Waals surface area contributed by atoms with E-state index in [0.29, 0.717) is 0 Å². The molecule has 0 saturated heterocycles. The fraction of sp³-hybridized carbons (Fsp3) is 0.429. The first kappa shape index (κ1) is 13.8. The van der Waals surface area contributed by atoms with Crippen LogP contribution in [-0.4, -0.2) is 37.7 Å². The minimum Gasteiger partial charge on any atom is -0.394 e. The maximum Gasteiger partial charge on any atom is 0.469 e. The van der Waals surface area contributed by atoms with Crippen LogP contribution in [-0.2, 0) is 9.09 Å². The maximum atomic E-state index is 11.3. The quantitative estimate of drug-likeness (QED) is 0.459. The summed E-state index contributed by atoms with van der Waals surface area (Å²) in [5, 5.41) is 8.99. The molecule has 0 aromatic carbocycles. The van der Waals surface area contributed by atoms with Gasteiger partial charge in [0.1, 0.15) is 0 Å². The molecule has 96 valence electrons. The van der Waals surface area contributed by atoms with Crippen LogP contribution < -0.4 is 11.2 Å². The molecule has 1 atom stereocenters. The van der Waals surface area contributed by atoms with Crippen LogP contribution in [0, 0.1) is 0 Å². The number of nitrogens with one attached hydrogen (secondary N) is 1. The maximum absolute atomic E-state index is 11.3. The van der Waals surface area contributed by atoms with E-state index in [1.165, 1.54) is 0 Å². The zero-order chi connectivity index (χ0) is 13.1. The van der Waals surface area contributed by atoms with Gasteiger partial charge in [0.25, 0.3) is 5.56 Å². The second-order valence-corrected chi connectivity index (χ2v) is 4.38. The molecular weight excluding hydrogens is 255 g/mol. The molecule has 10 heteroatoms. The Labute approximate surface area is 94.5 Å². The minimum absolute atomic E-state index is 0.563. The Morgan fingerprint density at radius 2 is 2.12 bits per heavy atom. The lowest BCUT2D eigenvalue weighted by atomic mass is 10.3. The van der Waals surface area contributed by atoms with Gasteiger partial charge in [-0.25, -0.2) is 9.36 Å². The number of phosphoric acid groups is 1. The highest BCUT2D eigenvalue weighted by Crippen LogP contribution is 2.36. The van der Waals surface area contributed by atoms with Crippen LogP contribution in [0.5, 0.6) is 0 Å². The number of aromatic amines is 1. The summed E-state index contributed by atoms with van der Waals surface area (Å²) in [5.74, 6) is 0. The smallest absolute Gasteiger partial charge is 0.394 e. The van der Waals surface area contributed by atoms with Crippen molar-refractivity contribution in [3.63, 3.8) is 0 Å². The number of nitrogens with zero attached hydrogens (tertiary/aromatic N) is 1. The number of aromatic nitrogens is 2. The monoisotopic (exact) mass is 266 g/mol. The van der Waals surface area contributed by atoms with Crippen molar-refractivity contribution in [2.75, 3.05) is 13.2 Å². The highest BCUT2D eigenvalue weighted by atomic mass is 31.2. The fourth-order valence-corrected chi connectivity index (χ4v) is 1.49. The second kappa shape index (κ2) is 5.39. The van der Waals surface area contributed by atoms with Gasteiger partial charge in [-0.15, -0.1) is 0 Å². The number of aliphatic hydroxyl groups excluding tert-OH is 1. The fourth-order valence-electron chi connectivity index (χ4n) is 1.12. The van der Waals surface area contributed by atoms with Crippen LogP contribution >= 0.6 is 7.82 Å². The van der Waals surface area contributed by atoms with Crippen LogP contribution in [0.4, 0.5) is 0 Å². The summed E-state index contributed by atoms with van der Waals surface area (Å²) in [6.07, 6.45) is 1.10. The van der Waals surface area contributed by atoms with Gasteiger partial charge >= 0.3 is 13.5 Å². The molecule has 1 aromatic rings. The molecule has 9 nitrogen and oxygen atoms in total. The van der Waals surface area contributed by atoms with Crippen LogP contribution in [0.25, 0.3) is 0 Å². The zero-order valence-electron chi connectivity index (χ0n) is 8.52. The number of H-pyrrole nitrogens is 1. The lowest BCUT2D eigenvalue weighted by molar-refractivity contribution is 0.130. The summed E-state index contributed by atoms with van der Waals surface area (Å²) in [6, 6.07) is 0.0497. The Kier molecular flexibility index (Phi) is 4.38. The zero-order valence-corrected chi connectivity index (χ0v) is 9.41. The standard InChI is InChI=1S/C7H11N2O7P/c10-3-5(4-16-17(13,14)15)9-2-1-6(11)8-7(9)12/h1-2,5,10H,3-4H2,(H,8,11,12)(H2,13,14,15). The molecule has 0 fully saturated rings. The third-order valence-corrected chi connectivity index (χ3v) is 2.38. The molecule has 0 aliphatic carbocycles. The Morgan fingerprint density at radius 1 is 1.47 bits per heavy atom. The second-order valence-electron chi connectivity index (χ2n) is 3.14. The van der Waals surface area contributed by atoms with Gasteiger partial charge in [0.15, 0.2) is 0 Å². The average Bonchev–Trinajstić information content (AvgIpc) is 2.19. The van der Waals surface area contributed by atoms with Crippen molar-refractivity contribution in [2.24, 2.45) is 0 Å². The van der Waals surface area contributed by atoms with Crippen molar-refractivity contribution >= 4 is 7.82 Å². The van der Waals surface area contributed by atoms with Gasteiger partial charge in [-0.05, 0) is 0 Å². The van der Waals surface area contributed by atoms with Crippen molar-refractivity contribution in [1.29, 1.82) is 0 Å². The Hall–Kier alpha value is -1.25. The lowest BCUT2D eigenvalue weighted by Gasteiger charge is -2.16. The van der Waals surface area contributed by atoms with E-state index < -0.39 is 38.3 Å². The Bertz CT molecular complexity index is 530. The predicted octanol–water partition coefficient (Wildman–Crippen LogP) is -1.82. The minimum atomic E-state index is -4.68. The van der Waals surface area contributed by atoms with Gasteiger partial charge < -0.3 is 14.9 Å². The van der Waals surface area contributed by atoms with E-state index in [4.69, 9.17) is 14.9 Å². The molecule has 0 radical (unpaired) electrons. The lowest BCUT2D eigenvalue weighted by Crippen LogP contribution is -2.34. The van der Waals surface area contributed by atoms with Gasteiger partial charge in [0, 0.05) is 12.3 Å². The normalized spacial score (nSPS) is 13.6.